The van der Waals surface area contributed by atoms with Crippen LogP contribution >= 0.6 is 0 Å². The van der Waals surface area contributed by atoms with Crippen LogP contribution in [0.15, 0.2) is 64.7 Å². The fraction of sp³-hybridized carbons (Fsp3) is 0.0952. The highest BCUT2D eigenvalue weighted by Gasteiger charge is 2.23. The molecule has 32 heavy (non-hydrogen) atoms. The number of ether oxygens (including phenoxy) is 1. The van der Waals surface area contributed by atoms with E-state index in [0.717, 1.165) is 17.7 Å². The van der Waals surface area contributed by atoms with Crippen molar-refractivity contribution in [3.63, 3.8) is 0 Å². The van der Waals surface area contributed by atoms with Crippen LogP contribution in [0.2, 0.25) is 0 Å². The minimum Gasteiger partial charge on any atom is -0.480 e. The number of nitrogens with zero attached hydrogens (tertiary/aromatic N) is 3. The van der Waals surface area contributed by atoms with Gasteiger partial charge in [0.05, 0.1) is 7.11 Å². The predicted molar refractivity (Wildman–Crippen MR) is 113 cm³/mol. The molecule has 4 aromatic rings. The standard InChI is InChI=1S/C21H16F2N4O4S/c1-12-7-19-24-6-5-20(28)27(19)11-15(12)13-8-17(21(31-2)25-10-13)26-32(29,30)18-9-14(22)3-4-16(18)23/h3-11,26H,1-2H3. The first-order chi connectivity index (χ1) is 15.2. The predicted octanol–water partition coefficient (Wildman–Crippen LogP) is 3.15. The van der Waals surface area contributed by atoms with Crippen LogP contribution in [0.3, 0.4) is 0 Å². The molecule has 0 fully saturated rings. The monoisotopic (exact) mass is 458 g/mol. The van der Waals surface area contributed by atoms with Crippen molar-refractivity contribution in [3.05, 3.63) is 82.5 Å². The average molecular weight is 458 g/mol. The highest BCUT2D eigenvalue weighted by Crippen LogP contribution is 2.32. The molecule has 1 N–H and O–H groups in total. The number of pyridine rings is 2. The Balaban J connectivity index is 1.83. The molecule has 0 saturated heterocycles. The summed E-state index contributed by atoms with van der Waals surface area (Å²) >= 11 is 0. The fourth-order valence-electron chi connectivity index (χ4n) is 3.19. The van der Waals surface area contributed by atoms with Gasteiger partial charge in [-0.3, -0.25) is 13.9 Å². The molecule has 0 aliphatic rings. The van der Waals surface area contributed by atoms with Crippen LogP contribution in [0, 0.1) is 18.6 Å². The zero-order chi connectivity index (χ0) is 23.0. The lowest BCUT2D eigenvalue weighted by Crippen LogP contribution is -2.16. The van der Waals surface area contributed by atoms with Crippen LogP contribution in [0.5, 0.6) is 5.88 Å². The van der Waals surface area contributed by atoms with Gasteiger partial charge in [0.15, 0.2) is 0 Å². The average Bonchev–Trinajstić information content (AvgIpc) is 2.75. The molecule has 1 aromatic carbocycles. The van der Waals surface area contributed by atoms with E-state index >= 15 is 0 Å². The summed E-state index contributed by atoms with van der Waals surface area (Å²) in [6, 6.07) is 6.55. The van der Waals surface area contributed by atoms with E-state index in [4.69, 9.17) is 4.74 Å². The lowest BCUT2D eigenvalue weighted by atomic mass is 10.0. The number of benzene rings is 1. The SMILES string of the molecule is COc1ncc(-c2cn3c(=O)ccnc3cc2C)cc1NS(=O)(=O)c1cc(F)ccc1F. The lowest BCUT2D eigenvalue weighted by molar-refractivity contribution is 0.400. The Labute approximate surface area is 181 Å². The lowest BCUT2D eigenvalue weighted by Gasteiger charge is -2.14. The van der Waals surface area contributed by atoms with Gasteiger partial charge in [-0.2, -0.15) is 0 Å². The van der Waals surface area contributed by atoms with Gasteiger partial charge in [0, 0.05) is 35.8 Å². The van der Waals surface area contributed by atoms with E-state index in [1.165, 1.54) is 36.0 Å². The summed E-state index contributed by atoms with van der Waals surface area (Å²) in [5.74, 6) is -2.10. The molecule has 0 aliphatic heterocycles. The van der Waals surface area contributed by atoms with Crippen molar-refractivity contribution in [2.45, 2.75) is 11.8 Å². The number of halogens is 2. The Morgan fingerprint density at radius 2 is 1.88 bits per heavy atom. The third-order valence-corrected chi connectivity index (χ3v) is 6.10. The van der Waals surface area contributed by atoms with Crippen LogP contribution in [0.4, 0.5) is 14.5 Å². The van der Waals surface area contributed by atoms with E-state index < -0.39 is 26.6 Å². The number of methoxy groups -OCH3 is 1. The molecule has 3 aromatic heterocycles. The first-order valence-corrected chi connectivity index (χ1v) is 10.7. The van der Waals surface area contributed by atoms with Gasteiger partial charge in [0.25, 0.3) is 15.6 Å². The van der Waals surface area contributed by atoms with Crippen molar-refractivity contribution in [2.24, 2.45) is 0 Å². The molecule has 11 heteroatoms. The molecular weight excluding hydrogens is 442 g/mol. The van der Waals surface area contributed by atoms with Gasteiger partial charge in [-0.15, -0.1) is 0 Å². The molecule has 4 rings (SSSR count). The Kier molecular flexibility index (Phi) is 5.35. The van der Waals surface area contributed by atoms with Crippen molar-refractivity contribution in [3.8, 4) is 17.0 Å². The van der Waals surface area contributed by atoms with Crippen LogP contribution in [-0.2, 0) is 10.0 Å². The molecule has 0 aliphatic carbocycles. The number of fused-ring (bicyclic) bond motifs is 1. The smallest absolute Gasteiger partial charge is 0.265 e. The maximum absolute atomic E-state index is 14.1. The molecule has 0 atom stereocenters. The molecular formula is C21H16F2N4O4S. The van der Waals surface area contributed by atoms with Crippen LogP contribution in [0.25, 0.3) is 16.8 Å². The van der Waals surface area contributed by atoms with Crippen LogP contribution < -0.4 is 15.0 Å². The Morgan fingerprint density at radius 1 is 1.09 bits per heavy atom. The first-order valence-electron chi connectivity index (χ1n) is 9.20. The minimum absolute atomic E-state index is 0.0774. The molecule has 164 valence electrons. The molecule has 0 saturated carbocycles. The van der Waals surface area contributed by atoms with Crippen molar-refractivity contribution < 1.29 is 21.9 Å². The molecule has 0 radical (unpaired) electrons. The number of sulfonamides is 1. The van der Waals surface area contributed by atoms with E-state index in [2.05, 4.69) is 14.7 Å². The van der Waals surface area contributed by atoms with E-state index in [9.17, 15) is 22.0 Å². The second-order valence-electron chi connectivity index (χ2n) is 6.84. The minimum atomic E-state index is -4.50. The first kappa shape index (κ1) is 21.4. The van der Waals surface area contributed by atoms with E-state index in [0.29, 0.717) is 22.8 Å². The summed E-state index contributed by atoms with van der Waals surface area (Å²) in [6.45, 7) is 1.80. The number of hydrogen-bond donors (Lipinski definition) is 1. The third-order valence-electron chi connectivity index (χ3n) is 4.72. The number of aromatic nitrogens is 3. The normalized spacial score (nSPS) is 11.5. The second-order valence-corrected chi connectivity index (χ2v) is 8.49. The van der Waals surface area contributed by atoms with Gasteiger partial charge in [-0.1, -0.05) is 0 Å². The van der Waals surface area contributed by atoms with Gasteiger partial charge in [0.1, 0.15) is 27.9 Å². The molecule has 0 amide bonds. The molecule has 8 nitrogen and oxygen atoms in total. The number of rotatable bonds is 5. The third kappa shape index (κ3) is 3.89. The summed E-state index contributed by atoms with van der Waals surface area (Å²) < 4.78 is 61.7. The molecule has 0 bridgehead atoms. The van der Waals surface area contributed by atoms with Crippen molar-refractivity contribution in [1.29, 1.82) is 0 Å². The largest absolute Gasteiger partial charge is 0.480 e. The number of hydrogen-bond acceptors (Lipinski definition) is 6. The maximum atomic E-state index is 14.1. The highest BCUT2D eigenvalue weighted by atomic mass is 32.2. The zero-order valence-corrected chi connectivity index (χ0v) is 17.7. The van der Waals surface area contributed by atoms with Gasteiger partial charge in [-0.05, 0) is 42.8 Å². The Hall–Kier alpha value is -3.86. The second kappa shape index (κ2) is 8.00. The van der Waals surface area contributed by atoms with E-state index in [1.54, 1.807) is 19.2 Å². The summed E-state index contributed by atoms with van der Waals surface area (Å²) in [5.41, 5.74) is 1.85. The van der Waals surface area contributed by atoms with Crippen LogP contribution in [0.1, 0.15) is 5.56 Å². The number of aryl methyl sites for hydroxylation is 1. The summed E-state index contributed by atoms with van der Waals surface area (Å²) in [4.78, 5) is 19.6. The summed E-state index contributed by atoms with van der Waals surface area (Å²) in [5, 5.41) is 0. The van der Waals surface area contributed by atoms with Crippen molar-refractivity contribution in [2.75, 3.05) is 11.8 Å². The fourth-order valence-corrected chi connectivity index (χ4v) is 4.33. The van der Waals surface area contributed by atoms with Crippen LogP contribution in [-0.4, -0.2) is 29.9 Å². The van der Waals surface area contributed by atoms with Crippen molar-refractivity contribution in [1.82, 2.24) is 14.4 Å². The summed E-state index contributed by atoms with van der Waals surface area (Å²) in [7, 11) is -3.21. The van der Waals surface area contributed by atoms with Gasteiger partial charge < -0.3 is 4.74 Å². The van der Waals surface area contributed by atoms with E-state index in [1.807, 2.05) is 0 Å². The van der Waals surface area contributed by atoms with Gasteiger partial charge in [0.2, 0.25) is 5.88 Å². The molecule has 0 unspecified atom stereocenters. The number of nitrogens with one attached hydrogen (secondary N) is 1. The molecule has 0 spiro atoms. The number of anilines is 1. The summed E-state index contributed by atoms with van der Waals surface area (Å²) in [6.07, 6.45) is 4.41. The van der Waals surface area contributed by atoms with E-state index in [-0.39, 0.29) is 17.1 Å². The zero-order valence-electron chi connectivity index (χ0n) is 16.8. The van der Waals surface area contributed by atoms with Crippen molar-refractivity contribution >= 4 is 21.4 Å². The Morgan fingerprint density at radius 3 is 2.62 bits per heavy atom. The van der Waals surface area contributed by atoms with Gasteiger partial charge >= 0.3 is 0 Å². The molecule has 3 heterocycles. The quantitative estimate of drug-likeness (QED) is 0.493. The highest BCUT2D eigenvalue weighted by molar-refractivity contribution is 7.92. The Bertz CT molecular complexity index is 1520. The maximum Gasteiger partial charge on any atom is 0.265 e. The topological polar surface area (TPSA) is 103 Å². The van der Waals surface area contributed by atoms with Gasteiger partial charge in [-0.25, -0.2) is 27.2 Å².